The molecule has 1 unspecified atom stereocenters. The van der Waals surface area contributed by atoms with Crippen molar-refractivity contribution in [3.8, 4) is 0 Å². The molecule has 2 N–H and O–H groups in total. The van der Waals surface area contributed by atoms with Gasteiger partial charge in [-0.3, -0.25) is 0 Å². The van der Waals surface area contributed by atoms with E-state index in [1.807, 2.05) is 0 Å². The second kappa shape index (κ2) is 4.12. The van der Waals surface area contributed by atoms with Crippen LogP contribution in [0.25, 0.3) is 0 Å². The van der Waals surface area contributed by atoms with Crippen molar-refractivity contribution in [2.45, 2.75) is 26.4 Å². The standard InChI is InChI=1S/C10H13ClO3S/c1-5(2)10(14,9(12)13)7-4-8(11)15-6(7)3/h4-5,14H,1-3H3,(H,12,13). The van der Waals surface area contributed by atoms with E-state index in [0.29, 0.717) is 9.90 Å². The summed E-state index contributed by atoms with van der Waals surface area (Å²) in [5, 5.41) is 19.3. The smallest absolute Gasteiger partial charge is 0.340 e. The second-order valence-electron chi connectivity index (χ2n) is 3.75. The topological polar surface area (TPSA) is 57.5 Å². The minimum Gasteiger partial charge on any atom is -0.479 e. The average molecular weight is 249 g/mol. The molecule has 0 saturated heterocycles. The molecule has 1 rings (SSSR count). The number of aryl methyl sites for hydroxylation is 1. The highest BCUT2D eigenvalue weighted by atomic mass is 35.5. The Morgan fingerprint density at radius 1 is 1.60 bits per heavy atom. The van der Waals surface area contributed by atoms with Gasteiger partial charge in [0.1, 0.15) is 0 Å². The fraction of sp³-hybridized carbons (Fsp3) is 0.500. The molecule has 15 heavy (non-hydrogen) atoms. The zero-order valence-corrected chi connectivity index (χ0v) is 10.3. The van der Waals surface area contributed by atoms with Crippen molar-refractivity contribution in [3.63, 3.8) is 0 Å². The van der Waals surface area contributed by atoms with Crippen LogP contribution in [0.4, 0.5) is 0 Å². The number of thiophene rings is 1. The first-order valence-corrected chi connectivity index (χ1v) is 5.71. The Morgan fingerprint density at radius 2 is 2.13 bits per heavy atom. The molecule has 5 heteroatoms. The summed E-state index contributed by atoms with van der Waals surface area (Å²) in [5.41, 5.74) is -1.46. The molecule has 0 amide bonds. The summed E-state index contributed by atoms with van der Waals surface area (Å²) in [5.74, 6) is -1.66. The minimum atomic E-state index is -1.85. The van der Waals surface area contributed by atoms with Gasteiger partial charge in [0, 0.05) is 10.4 Å². The van der Waals surface area contributed by atoms with Crippen molar-refractivity contribution in [1.29, 1.82) is 0 Å². The van der Waals surface area contributed by atoms with Crippen LogP contribution in [0, 0.1) is 12.8 Å². The molecule has 0 aliphatic rings. The van der Waals surface area contributed by atoms with Crippen LogP contribution in [0.1, 0.15) is 24.3 Å². The van der Waals surface area contributed by atoms with Gasteiger partial charge in [0.25, 0.3) is 0 Å². The second-order valence-corrected chi connectivity index (χ2v) is 5.63. The van der Waals surface area contributed by atoms with Gasteiger partial charge in [-0.15, -0.1) is 11.3 Å². The van der Waals surface area contributed by atoms with Gasteiger partial charge < -0.3 is 10.2 Å². The van der Waals surface area contributed by atoms with Crippen molar-refractivity contribution in [2.24, 2.45) is 5.92 Å². The van der Waals surface area contributed by atoms with Crippen molar-refractivity contribution in [3.05, 3.63) is 20.8 Å². The Bertz CT molecular complexity index is 386. The number of halogens is 1. The molecule has 0 aliphatic carbocycles. The Balaban J connectivity index is 3.33. The largest absolute Gasteiger partial charge is 0.479 e. The van der Waals surface area contributed by atoms with Gasteiger partial charge in [-0.05, 0) is 18.9 Å². The highest BCUT2D eigenvalue weighted by Gasteiger charge is 2.43. The molecule has 1 aromatic heterocycles. The molecule has 0 spiro atoms. The summed E-state index contributed by atoms with van der Waals surface area (Å²) in [4.78, 5) is 11.9. The van der Waals surface area contributed by atoms with E-state index in [2.05, 4.69) is 0 Å². The zero-order valence-electron chi connectivity index (χ0n) is 8.74. The lowest BCUT2D eigenvalue weighted by molar-refractivity contribution is -0.165. The van der Waals surface area contributed by atoms with E-state index in [-0.39, 0.29) is 0 Å². The highest BCUT2D eigenvalue weighted by molar-refractivity contribution is 7.16. The lowest BCUT2D eigenvalue weighted by Crippen LogP contribution is -2.40. The molecule has 0 fully saturated rings. The average Bonchev–Trinajstić information content (AvgIpc) is 2.43. The Labute approximate surface area is 97.3 Å². The number of carboxylic acids is 1. The van der Waals surface area contributed by atoms with Crippen LogP contribution in [0.2, 0.25) is 4.34 Å². The lowest BCUT2D eigenvalue weighted by Gasteiger charge is -2.27. The van der Waals surface area contributed by atoms with Crippen molar-refractivity contribution in [2.75, 3.05) is 0 Å². The molecule has 0 radical (unpaired) electrons. The molecule has 1 aromatic rings. The number of carboxylic acid groups (broad SMARTS) is 1. The molecular formula is C10H13ClO3S. The highest BCUT2D eigenvalue weighted by Crippen LogP contribution is 2.38. The van der Waals surface area contributed by atoms with E-state index in [1.54, 1.807) is 20.8 Å². The number of aliphatic hydroxyl groups is 1. The maximum Gasteiger partial charge on any atom is 0.340 e. The molecule has 0 aliphatic heterocycles. The lowest BCUT2D eigenvalue weighted by atomic mass is 9.84. The van der Waals surface area contributed by atoms with Gasteiger partial charge in [0.2, 0.25) is 0 Å². The van der Waals surface area contributed by atoms with Gasteiger partial charge in [-0.25, -0.2) is 4.79 Å². The van der Waals surface area contributed by atoms with Gasteiger partial charge in [-0.1, -0.05) is 25.4 Å². The molecule has 3 nitrogen and oxygen atoms in total. The number of aliphatic carboxylic acids is 1. The normalized spacial score (nSPS) is 15.3. The number of hydrogen-bond donors (Lipinski definition) is 2. The van der Waals surface area contributed by atoms with Crippen LogP contribution in [0.15, 0.2) is 6.07 Å². The van der Waals surface area contributed by atoms with E-state index >= 15 is 0 Å². The van der Waals surface area contributed by atoms with Crippen LogP contribution in [-0.4, -0.2) is 16.2 Å². The maximum absolute atomic E-state index is 11.1. The quantitative estimate of drug-likeness (QED) is 0.865. The van der Waals surface area contributed by atoms with Crippen LogP contribution in [-0.2, 0) is 10.4 Å². The third-order valence-electron chi connectivity index (χ3n) is 2.46. The van der Waals surface area contributed by atoms with Crippen molar-refractivity contribution < 1.29 is 15.0 Å². The van der Waals surface area contributed by atoms with E-state index in [4.69, 9.17) is 16.7 Å². The van der Waals surface area contributed by atoms with Gasteiger partial charge in [-0.2, -0.15) is 0 Å². The summed E-state index contributed by atoms with van der Waals surface area (Å²) in [6, 6.07) is 1.52. The molecule has 0 bridgehead atoms. The summed E-state index contributed by atoms with van der Waals surface area (Å²) in [6.45, 7) is 5.08. The molecule has 0 saturated carbocycles. The van der Waals surface area contributed by atoms with Crippen LogP contribution in [0.3, 0.4) is 0 Å². The summed E-state index contributed by atoms with van der Waals surface area (Å²) >= 11 is 7.07. The van der Waals surface area contributed by atoms with Crippen LogP contribution >= 0.6 is 22.9 Å². The van der Waals surface area contributed by atoms with Crippen molar-refractivity contribution in [1.82, 2.24) is 0 Å². The van der Waals surface area contributed by atoms with E-state index in [9.17, 15) is 9.90 Å². The number of rotatable bonds is 3. The minimum absolute atomic E-state index is 0.389. The fourth-order valence-corrected chi connectivity index (χ4v) is 2.75. The number of hydrogen-bond acceptors (Lipinski definition) is 3. The Kier molecular flexibility index (Phi) is 3.43. The molecule has 0 aromatic carbocycles. The first kappa shape index (κ1) is 12.5. The maximum atomic E-state index is 11.1. The SMILES string of the molecule is Cc1sc(Cl)cc1C(O)(C(=O)O)C(C)C. The predicted molar refractivity (Wildman–Crippen MR) is 60.4 cm³/mol. The molecule has 1 heterocycles. The van der Waals surface area contributed by atoms with Gasteiger partial charge in [0.05, 0.1) is 4.34 Å². The fourth-order valence-electron chi connectivity index (χ4n) is 1.50. The number of carbonyl (C=O) groups is 1. The van der Waals surface area contributed by atoms with Crippen LogP contribution in [0.5, 0.6) is 0 Å². The predicted octanol–water partition coefficient (Wildman–Crippen LogP) is 2.64. The first-order chi connectivity index (χ1) is 6.80. The summed E-state index contributed by atoms with van der Waals surface area (Å²) in [6.07, 6.45) is 0. The van der Waals surface area contributed by atoms with Crippen LogP contribution < -0.4 is 0 Å². The Hall–Kier alpha value is -0.580. The monoisotopic (exact) mass is 248 g/mol. The van der Waals surface area contributed by atoms with E-state index in [0.717, 1.165) is 4.88 Å². The van der Waals surface area contributed by atoms with Gasteiger partial charge in [0.15, 0.2) is 5.60 Å². The van der Waals surface area contributed by atoms with E-state index in [1.165, 1.54) is 17.4 Å². The molecule has 84 valence electrons. The molecule has 1 atom stereocenters. The summed E-state index contributed by atoms with van der Waals surface area (Å²) < 4.78 is 0.489. The summed E-state index contributed by atoms with van der Waals surface area (Å²) in [7, 11) is 0. The first-order valence-electron chi connectivity index (χ1n) is 4.52. The third kappa shape index (κ3) is 2.02. The van der Waals surface area contributed by atoms with Crippen molar-refractivity contribution >= 4 is 28.9 Å². The van der Waals surface area contributed by atoms with Gasteiger partial charge >= 0.3 is 5.97 Å². The third-order valence-corrected chi connectivity index (χ3v) is 3.64. The molecular weight excluding hydrogens is 236 g/mol. The van der Waals surface area contributed by atoms with E-state index < -0.39 is 17.5 Å². The zero-order chi connectivity index (χ0) is 11.8. The Morgan fingerprint density at radius 3 is 2.40 bits per heavy atom.